The molecule has 0 aromatic heterocycles. The third-order valence-electron chi connectivity index (χ3n) is 2.62. The first-order valence-electron chi connectivity index (χ1n) is 6.09. The number of nitrogens with one attached hydrogen (secondary N) is 1. The van der Waals surface area contributed by atoms with Crippen LogP contribution < -0.4 is 10.1 Å². The molecule has 2 rings (SSSR count). The fourth-order valence-electron chi connectivity index (χ4n) is 1.67. The highest BCUT2D eigenvalue weighted by Crippen LogP contribution is 2.26. The molecule has 2 aromatic carbocycles. The van der Waals surface area contributed by atoms with E-state index in [1.807, 2.05) is 30.3 Å². The summed E-state index contributed by atoms with van der Waals surface area (Å²) in [4.78, 5) is 0. The highest BCUT2D eigenvalue weighted by Gasteiger charge is 2.07. The highest BCUT2D eigenvalue weighted by atomic mass is 35.5. The molecule has 0 atom stereocenters. The fraction of sp³-hybridized carbons (Fsp3) is 0.200. The van der Waals surface area contributed by atoms with Gasteiger partial charge >= 0.3 is 0 Å². The van der Waals surface area contributed by atoms with E-state index >= 15 is 0 Å². The van der Waals surface area contributed by atoms with Crippen LogP contribution in [-0.2, 0) is 6.54 Å². The van der Waals surface area contributed by atoms with Crippen LogP contribution in [0.25, 0.3) is 0 Å². The lowest BCUT2D eigenvalue weighted by molar-refractivity contribution is 0.298. The van der Waals surface area contributed by atoms with Gasteiger partial charge in [0.25, 0.3) is 0 Å². The van der Waals surface area contributed by atoms with E-state index < -0.39 is 5.82 Å². The Hall–Kier alpha value is -1.58. The molecule has 0 radical (unpaired) electrons. The summed E-state index contributed by atoms with van der Waals surface area (Å²) in [7, 11) is 0. The van der Waals surface area contributed by atoms with Crippen molar-refractivity contribution >= 4 is 11.6 Å². The van der Waals surface area contributed by atoms with Crippen molar-refractivity contribution in [3.05, 3.63) is 64.9 Å². The van der Waals surface area contributed by atoms with Crippen LogP contribution in [0, 0.1) is 5.82 Å². The van der Waals surface area contributed by atoms with Crippen LogP contribution in [0.5, 0.6) is 5.75 Å². The molecule has 100 valence electrons. The lowest BCUT2D eigenvalue weighted by atomic mass is 10.2. The second kappa shape index (κ2) is 7.12. The number of rotatable bonds is 6. The first-order chi connectivity index (χ1) is 9.27. The molecule has 0 aliphatic carbocycles. The van der Waals surface area contributed by atoms with Gasteiger partial charge in [-0.25, -0.2) is 4.39 Å². The molecular formula is C15H15ClFNO. The molecule has 0 spiro atoms. The molecule has 4 heteroatoms. The molecule has 2 nitrogen and oxygen atoms in total. The average molecular weight is 280 g/mol. The zero-order valence-electron chi connectivity index (χ0n) is 10.4. The third kappa shape index (κ3) is 4.23. The van der Waals surface area contributed by atoms with Gasteiger partial charge in [-0.3, -0.25) is 0 Å². The molecule has 0 aliphatic rings. The van der Waals surface area contributed by atoms with Gasteiger partial charge in [-0.05, 0) is 17.7 Å². The Kier molecular flexibility index (Phi) is 5.19. The third-order valence-corrected chi connectivity index (χ3v) is 2.91. The van der Waals surface area contributed by atoms with E-state index in [4.69, 9.17) is 16.3 Å². The van der Waals surface area contributed by atoms with Crippen molar-refractivity contribution in [3.8, 4) is 5.75 Å². The summed E-state index contributed by atoms with van der Waals surface area (Å²) >= 11 is 5.85. The maximum absolute atomic E-state index is 13.4. The van der Waals surface area contributed by atoms with Crippen LogP contribution in [0.4, 0.5) is 4.39 Å². The minimum absolute atomic E-state index is 0.116. The van der Waals surface area contributed by atoms with Gasteiger partial charge in [-0.2, -0.15) is 0 Å². The zero-order valence-corrected chi connectivity index (χ0v) is 11.2. The number of halogens is 2. The molecule has 0 saturated carbocycles. The molecule has 1 N–H and O–H groups in total. The molecule has 0 unspecified atom stereocenters. The summed E-state index contributed by atoms with van der Waals surface area (Å²) in [6, 6.07) is 14.5. The van der Waals surface area contributed by atoms with Crippen molar-refractivity contribution in [1.29, 1.82) is 0 Å². The van der Waals surface area contributed by atoms with Crippen molar-refractivity contribution in [2.75, 3.05) is 13.2 Å². The summed E-state index contributed by atoms with van der Waals surface area (Å²) in [5.74, 6) is -0.318. The summed E-state index contributed by atoms with van der Waals surface area (Å²) in [5.41, 5.74) is 1.20. The van der Waals surface area contributed by atoms with Gasteiger partial charge in [0.05, 0.1) is 5.02 Å². The van der Waals surface area contributed by atoms with E-state index in [0.717, 1.165) is 6.54 Å². The lowest BCUT2D eigenvalue weighted by Crippen LogP contribution is -2.20. The number of ether oxygens (including phenoxy) is 1. The first kappa shape index (κ1) is 13.8. The molecule has 0 fully saturated rings. The molecule has 0 aliphatic heterocycles. The SMILES string of the molecule is Fc1cccc(Cl)c1OCCNCc1ccccc1. The Morgan fingerprint density at radius 2 is 1.84 bits per heavy atom. The Bertz CT molecular complexity index is 499. The van der Waals surface area contributed by atoms with Crippen molar-refractivity contribution in [3.63, 3.8) is 0 Å². The zero-order chi connectivity index (χ0) is 13.5. The van der Waals surface area contributed by atoms with Crippen molar-refractivity contribution < 1.29 is 9.13 Å². The molecule has 2 aromatic rings. The average Bonchev–Trinajstić information content (AvgIpc) is 2.42. The van der Waals surface area contributed by atoms with Crippen LogP contribution >= 0.6 is 11.6 Å². The Morgan fingerprint density at radius 3 is 2.58 bits per heavy atom. The predicted molar refractivity (Wildman–Crippen MR) is 75.1 cm³/mol. The number of hydrogen-bond donors (Lipinski definition) is 1. The topological polar surface area (TPSA) is 21.3 Å². The van der Waals surface area contributed by atoms with Gasteiger partial charge in [0.2, 0.25) is 0 Å². The quantitative estimate of drug-likeness (QED) is 0.815. The van der Waals surface area contributed by atoms with Crippen LogP contribution in [-0.4, -0.2) is 13.2 Å². The van der Waals surface area contributed by atoms with Gasteiger partial charge in [-0.15, -0.1) is 0 Å². The second-order valence-electron chi connectivity index (χ2n) is 4.06. The minimum Gasteiger partial charge on any atom is -0.488 e. The first-order valence-corrected chi connectivity index (χ1v) is 6.46. The smallest absolute Gasteiger partial charge is 0.173 e. The second-order valence-corrected chi connectivity index (χ2v) is 4.47. The van der Waals surface area contributed by atoms with Gasteiger partial charge in [0, 0.05) is 13.1 Å². The van der Waals surface area contributed by atoms with Gasteiger partial charge in [-0.1, -0.05) is 48.0 Å². The molecule has 0 amide bonds. The highest BCUT2D eigenvalue weighted by molar-refractivity contribution is 6.32. The number of para-hydroxylation sites is 1. The summed E-state index contributed by atoms with van der Waals surface area (Å²) in [5, 5.41) is 3.51. The summed E-state index contributed by atoms with van der Waals surface area (Å²) < 4.78 is 18.7. The molecular weight excluding hydrogens is 265 g/mol. The molecule has 19 heavy (non-hydrogen) atoms. The van der Waals surface area contributed by atoms with Crippen LogP contribution in [0.2, 0.25) is 5.02 Å². The molecule has 0 saturated heterocycles. The van der Waals surface area contributed by atoms with Crippen LogP contribution in [0.1, 0.15) is 5.56 Å². The van der Waals surface area contributed by atoms with E-state index in [1.165, 1.54) is 11.6 Å². The maximum Gasteiger partial charge on any atom is 0.173 e. The number of benzene rings is 2. The van der Waals surface area contributed by atoms with Gasteiger partial charge in [0.1, 0.15) is 6.61 Å². The van der Waals surface area contributed by atoms with E-state index in [0.29, 0.717) is 18.2 Å². The lowest BCUT2D eigenvalue weighted by Gasteiger charge is -2.09. The predicted octanol–water partition coefficient (Wildman–Crippen LogP) is 3.65. The van der Waals surface area contributed by atoms with Gasteiger partial charge < -0.3 is 10.1 Å². The Balaban J connectivity index is 1.73. The van der Waals surface area contributed by atoms with Crippen molar-refractivity contribution in [2.24, 2.45) is 0 Å². The van der Waals surface area contributed by atoms with Crippen molar-refractivity contribution in [2.45, 2.75) is 6.54 Å². The molecule has 0 bridgehead atoms. The van der Waals surface area contributed by atoms with E-state index in [1.54, 1.807) is 12.1 Å². The van der Waals surface area contributed by atoms with Crippen LogP contribution in [0.3, 0.4) is 0 Å². The summed E-state index contributed by atoms with van der Waals surface area (Å²) in [6.45, 7) is 1.75. The fourth-order valence-corrected chi connectivity index (χ4v) is 1.89. The van der Waals surface area contributed by atoms with E-state index in [-0.39, 0.29) is 5.75 Å². The van der Waals surface area contributed by atoms with Crippen molar-refractivity contribution in [1.82, 2.24) is 5.32 Å². The number of hydrogen-bond acceptors (Lipinski definition) is 2. The largest absolute Gasteiger partial charge is 0.488 e. The Morgan fingerprint density at radius 1 is 1.05 bits per heavy atom. The Labute approximate surface area is 117 Å². The standard InChI is InChI=1S/C15H15ClFNO/c16-13-7-4-8-14(17)15(13)19-10-9-18-11-12-5-2-1-3-6-12/h1-8,18H,9-11H2. The van der Waals surface area contributed by atoms with Gasteiger partial charge in [0.15, 0.2) is 11.6 Å². The maximum atomic E-state index is 13.4. The monoisotopic (exact) mass is 279 g/mol. The van der Waals surface area contributed by atoms with Crippen LogP contribution in [0.15, 0.2) is 48.5 Å². The summed E-state index contributed by atoms with van der Waals surface area (Å²) in [6.07, 6.45) is 0. The van der Waals surface area contributed by atoms with E-state index in [2.05, 4.69) is 5.32 Å². The normalized spacial score (nSPS) is 10.4. The van der Waals surface area contributed by atoms with E-state index in [9.17, 15) is 4.39 Å². The minimum atomic E-state index is -0.435. The molecule has 0 heterocycles.